The normalized spacial score (nSPS) is 22.7. The van der Waals surface area contributed by atoms with Crippen LogP contribution in [-0.2, 0) is 4.74 Å². The summed E-state index contributed by atoms with van der Waals surface area (Å²) in [5.41, 5.74) is 1.51. The molecule has 1 unspecified atom stereocenters. The van der Waals surface area contributed by atoms with Crippen molar-refractivity contribution in [2.75, 3.05) is 19.7 Å². The Morgan fingerprint density at radius 2 is 2.24 bits per heavy atom. The second kappa shape index (κ2) is 4.84. The molecule has 1 aliphatic heterocycles. The maximum Gasteiger partial charge on any atom is 0.274 e. The van der Waals surface area contributed by atoms with Crippen molar-refractivity contribution >= 4 is 11.4 Å². The molecule has 0 spiro atoms. The molecule has 3 heterocycles. The number of imidazole rings is 1. The summed E-state index contributed by atoms with van der Waals surface area (Å²) in [5.74, 6) is 1.58. The maximum absolute atomic E-state index is 12.8. The molecule has 4 rings (SSSR count). The number of amides is 1. The van der Waals surface area contributed by atoms with Crippen LogP contribution in [0.4, 0.5) is 0 Å². The Kier molecular flexibility index (Phi) is 2.96. The van der Waals surface area contributed by atoms with Crippen LogP contribution in [-0.4, -0.2) is 46.0 Å². The van der Waals surface area contributed by atoms with E-state index in [0.29, 0.717) is 31.3 Å². The molecule has 0 N–H and O–H groups in total. The van der Waals surface area contributed by atoms with Crippen molar-refractivity contribution in [3.05, 3.63) is 35.9 Å². The minimum absolute atomic E-state index is 0.0285. The number of nitrogens with zero attached hydrogens (tertiary/aromatic N) is 3. The van der Waals surface area contributed by atoms with Gasteiger partial charge in [0.2, 0.25) is 0 Å². The van der Waals surface area contributed by atoms with E-state index < -0.39 is 0 Å². The third kappa shape index (κ3) is 2.21. The third-order valence-corrected chi connectivity index (χ3v) is 4.25. The lowest BCUT2D eigenvalue weighted by molar-refractivity contribution is -0.0125. The van der Waals surface area contributed by atoms with Gasteiger partial charge in [0.25, 0.3) is 5.91 Å². The average Bonchev–Trinajstić information content (AvgIpc) is 3.27. The molecule has 1 aliphatic carbocycles. The number of morpholine rings is 1. The summed E-state index contributed by atoms with van der Waals surface area (Å²) in [6.45, 7) is 3.89. The SMILES string of the molecule is CC1CN(C(=O)c2nc(C3CC3)n3ccccc23)CCO1. The van der Waals surface area contributed by atoms with Gasteiger partial charge in [0.15, 0.2) is 5.69 Å². The van der Waals surface area contributed by atoms with Crippen LogP contribution in [0.1, 0.15) is 42.0 Å². The monoisotopic (exact) mass is 285 g/mol. The molecule has 1 amide bonds. The summed E-state index contributed by atoms with van der Waals surface area (Å²) in [6, 6.07) is 5.94. The lowest BCUT2D eigenvalue weighted by Gasteiger charge is -2.30. The minimum Gasteiger partial charge on any atom is -0.375 e. The highest BCUT2D eigenvalue weighted by atomic mass is 16.5. The van der Waals surface area contributed by atoms with Crippen LogP contribution in [0.2, 0.25) is 0 Å². The van der Waals surface area contributed by atoms with E-state index in [1.165, 1.54) is 12.8 Å². The van der Waals surface area contributed by atoms with Gasteiger partial charge in [-0.1, -0.05) is 6.07 Å². The first kappa shape index (κ1) is 12.8. The molecule has 21 heavy (non-hydrogen) atoms. The molecule has 5 nitrogen and oxygen atoms in total. The highest BCUT2D eigenvalue weighted by Gasteiger charge is 2.32. The first-order valence-electron chi connectivity index (χ1n) is 7.62. The number of aromatic nitrogens is 2. The second-order valence-corrected chi connectivity index (χ2v) is 5.98. The van der Waals surface area contributed by atoms with E-state index in [4.69, 9.17) is 4.74 Å². The molecule has 1 atom stereocenters. The summed E-state index contributed by atoms with van der Waals surface area (Å²) in [4.78, 5) is 19.4. The van der Waals surface area contributed by atoms with Gasteiger partial charge in [0.05, 0.1) is 18.2 Å². The fourth-order valence-corrected chi connectivity index (χ4v) is 3.00. The lowest BCUT2D eigenvalue weighted by Crippen LogP contribution is -2.44. The standard InChI is InChI=1S/C16H19N3O2/c1-11-10-18(8-9-21-11)16(20)14-13-4-2-3-7-19(13)15(17-14)12-5-6-12/h2-4,7,11-12H,5-6,8-10H2,1H3. The predicted octanol–water partition coefficient (Wildman–Crippen LogP) is 2.07. The van der Waals surface area contributed by atoms with Crippen LogP contribution in [0.25, 0.3) is 5.52 Å². The van der Waals surface area contributed by atoms with Crippen molar-refractivity contribution in [1.29, 1.82) is 0 Å². The van der Waals surface area contributed by atoms with Crippen LogP contribution in [0.5, 0.6) is 0 Å². The molecule has 1 saturated carbocycles. The predicted molar refractivity (Wildman–Crippen MR) is 78.5 cm³/mol. The second-order valence-electron chi connectivity index (χ2n) is 5.98. The molecule has 2 aromatic rings. The van der Waals surface area contributed by atoms with E-state index in [2.05, 4.69) is 9.38 Å². The maximum atomic E-state index is 12.8. The quantitative estimate of drug-likeness (QED) is 0.848. The van der Waals surface area contributed by atoms with Crippen LogP contribution < -0.4 is 0 Å². The van der Waals surface area contributed by atoms with Gasteiger partial charge in [-0.2, -0.15) is 0 Å². The van der Waals surface area contributed by atoms with Crippen molar-refractivity contribution in [2.24, 2.45) is 0 Å². The Balaban J connectivity index is 1.74. The number of hydrogen-bond acceptors (Lipinski definition) is 3. The van der Waals surface area contributed by atoms with Crippen molar-refractivity contribution in [2.45, 2.75) is 31.8 Å². The highest BCUT2D eigenvalue weighted by molar-refractivity contribution is 5.99. The van der Waals surface area contributed by atoms with Crippen LogP contribution in [0.3, 0.4) is 0 Å². The number of rotatable bonds is 2. The van der Waals surface area contributed by atoms with Gasteiger partial charge >= 0.3 is 0 Å². The zero-order valence-corrected chi connectivity index (χ0v) is 12.2. The number of hydrogen-bond donors (Lipinski definition) is 0. The number of carbonyl (C=O) groups excluding carboxylic acids is 1. The van der Waals surface area contributed by atoms with Gasteiger partial charge in [-0.15, -0.1) is 0 Å². The smallest absolute Gasteiger partial charge is 0.274 e. The Bertz CT molecular complexity index is 690. The third-order valence-electron chi connectivity index (χ3n) is 4.25. The average molecular weight is 285 g/mol. The summed E-state index contributed by atoms with van der Waals surface area (Å²) in [7, 11) is 0. The van der Waals surface area contributed by atoms with E-state index in [1.807, 2.05) is 36.2 Å². The number of ether oxygens (including phenoxy) is 1. The van der Waals surface area contributed by atoms with E-state index in [9.17, 15) is 4.79 Å². The molecule has 1 saturated heterocycles. The van der Waals surface area contributed by atoms with Gasteiger partial charge < -0.3 is 14.0 Å². The minimum atomic E-state index is 0.0285. The molecular formula is C16H19N3O2. The number of carbonyl (C=O) groups is 1. The molecule has 5 heteroatoms. The summed E-state index contributed by atoms with van der Waals surface area (Å²) in [5, 5.41) is 0. The zero-order chi connectivity index (χ0) is 14.4. The van der Waals surface area contributed by atoms with Crippen molar-refractivity contribution in [3.8, 4) is 0 Å². The summed E-state index contributed by atoms with van der Waals surface area (Å²) >= 11 is 0. The molecular weight excluding hydrogens is 266 g/mol. The van der Waals surface area contributed by atoms with Crippen LogP contribution in [0.15, 0.2) is 24.4 Å². The van der Waals surface area contributed by atoms with Crippen LogP contribution in [0, 0.1) is 0 Å². The summed E-state index contributed by atoms with van der Waals surface area (Å²) in [6.07, 6.45) is 4.46. The molecule has 2 fully saturated rings. The summed E-state index contributed by atoms with van der Waals surface area (Å²) < 4.78 is 7.59. The Morgan fingerprint density at radius 3 is 3.00 bits per heavy atom. The molecule has 0 aromatic carbocycles. The van der Waals surface area contributed by atoms with Gasteiger partial charge in [-0.3, -0.25) is 4.79 Å². The van der Waals surface area contributed by atoms with Crippen molar-refractivity contribution < 1.29 is 9.53 Å². The zero-order valence-electron chi connectivity index (χ0n) is 12.2. The Labute approximate surface area is 123 Å². The van der Waals surface area contributed by atoms with Crippen LogP contribution >= 0.6 is 0 Å². The van der Waals surface area contributed by atoms with Gasteiger partial charge in [-0.05, 0) is 31.9 Å². The molecule has 2 aromatic heterocycles. The van der Waals surface area contributed by atoms with E-state index in [-0.39, 0.29) is 12.0 Å². The molecule has 110 valence electrons. The van der Waals surface area contributed by atoms with E-state index >= 15 is 0 Å². The first-order valence-corrected chi connectivity index (χ1v) is 7.62. The molecule has 2 aliphatic rings. The Hall–Kier alpha value is -1.88. The van der Waals surface area contributed by atoms with Crippen molar-refractivity contribution in [1.82, 2.24) is 14.3 Å². The van der Waals surface area contributed by atoms with Gasteiger partial charge in [-0.25, -0.2) is 4.98 Å². The number of pyridine rings is 1. The fourth-order valence-electron chi connectivity index (χ4n) is 3.00. The van der Waals surface area contributed by atoms with Gasteiger partial charge in [0, 0.05) is 25.2 Å². The van der Waals surface area contributed by atoms with E-state index in [0.717, 1.165) is 11.3 Å². The lowest BCUT2D eigenvalue weighted by atomic mass is 10.2. The highest BCUT2D eigenvalue weighted by Crippen LogP contribution is 2.40. The largest absolute Gasteiger partial charge is 0.375 e. The Morgan fingerprint density at radius 1 is 1.38 bits per heavy atom. The number of fused-ring (bicyclic) bond motifs is 1. The van der Waals surface area contributed by atoms with E-state index in [1.54, 1.807) is 0 Å². The first-order chi connectivity index (χ1) is 10.2. The molecule has 0 radical (unpaired) electrons. The van der Waals surface area contributed by atoms with Crippen molar-refractivity contribution in [3.63, 3.8) is 0 Å². The van der Waals surface area contributed by atoms with Gasteiger partial charge in [0.1, 0.15) is 5.82 Å². The fraction of sp³-hybridized carbons (Fsp3) is 0.500. The molecule has 0 bridgehead atoms. The topological polar surface area (TPSA) is 46.8 Å².